The highest BCUT2D eigenvalue weighted by atomic mass is 32.1. The fraction of sp³-hybridized carbons (Fsp3) is 0.188. The van der Waals surface area contributed by atoms with Crippen molar-refractivity contribution in [2.75, 3.05) is 5.73 Å². The van der Waals surface area contributed by atoms with Crippen molar-refractivity contribution in [2.45, 2.75) is 20.0 Å². The number of nitrogens with one attached hydrogen (secondary N) is 1. The Balaban J connectivity index is 1.59. The van der Waals surface area contributed by atoms with Gasteiger partial charge in [0, 0.05) is 18.3 Å². The molecule has 0 bridgehead atoms. The molecule has 6 nitrogen and oxygen atoms in total. The van der Waals surface area contributed by atoms with Gasteiger partial charge in [-0.3, -0.25) is 9.48 Å². The van der Waals surface area contributed by atoms with Gasteiger partial charge in [0.1, 0.15) is 4.88 Å². The Morgan fingerprint density at radius 3 is 2.78 bits per heavy atom. The van der Waals surface area contributed by atoms with Gasteiger partial charge in [0.25, 0.3) is 5.91 Å². The van der Waals surface area contributed by atoms with Crippen LogP contribution < -0.4 is 11.1 Å². The van der Waals surface area contributed by atoms with Crippen LogP contribution in [0.4, 0.5) is 5.13 Å². The van der Waals surface area contributed by atoms with Crippen LogP contribution in [0, 0.1) is 6.92 Å². The number of amides is 1. The van der Waals surface area contributed by atoms with Crippen LogP contribution in [0.25, 0.3) is 0 Å². The van der Waals surface area contributed by atoms with Crippen LogP contribution in [0.5, 0.6) is 0 Å². The van der Waals surface area contributed by atoms with Crippen LogP contribution in [0.1, 0.15) is 26.5 Å². The molecule has 0 aliphatic carbocycles. The minimum Gasteiger partial charge on any atom is -0.375 e. The summed E-state index contributed by atoms with van der Waals surface area (Å²) in [6.45, 7) is 2.91. The van der Waals surface area contributed by atoms with E-state index in [9.17, 15) is 4.79 Å². The Hall–Kier alpha value is -2.67. The van der Waals surface area contributed by atoms with E-state index in [4.69, 9.17) is 5.73 Å². The molecular weight excluding hydrogens is 310 g/mol. The summed E-state index contributed by atoms with van der Waals surface area (Å²) in [6.07, 6.45) is 3.69. The zero-order valence-corrected chi connectivity index (χ0v) is 13.5. The van der Waals surface area contributed by atoms with E-state index in [0.717, 1.165) is 5.56 Å². The first kappa shape index (κ1) is 15.2. The molecule has 0 radical (unpaired) electrons. The van der Waals surface area contributed by atoms with E-state index in [1.165, 1.54) is 16.9 Å². The average molecular weight is 327 g/mol. The number of rotatable bonds is 5. The second-order valence-electron chi connectivity index (χ2n) is 5.18. The van der Waals surface area contributed by atoms with Gasteiger partial charge in [-0.25, -0.2) is 4.98 Å². The first-order chi connectivity index (χ1) is 11.1. The molecule has 0 spiro atoms. The number of carbonyl (C=O) groups excluding carboxylic acids is 1. The number of aryl methyl sites for hydroxylation is 1. The number of anilines is 1. The van der Waals surface area contributed by atoms with E-state index < -0.39 is 0 Å². The van der Waals surface area contributed by atoms with Gasteiger partial charge < -0.3 is 11.1 Å². The quantitative estimate of drug-likeness (QED) is 0.752. The van der Waals surface area contributed by atoms with E-state index in [1.54, 1.807) is 13.1 Å². The van der Waals surface area contributed by atoms with Crippen LogP contribution in [-0.2, 0) is 13.1 Å². The molecule has 118 valence electrons. The number of nitrogen functional groups attached to an aromatic ring is 1. The van der Waals surface area contributed by atoms with Crippen LogP contribution in [-0.4, -0.2) is 20.7 Å². The van der Waals surface area contributed by atoms with Crippen molar-refractivity contribution in [3.8, 4) is 0 Å². The van der Waals surface area contributed by atoms with Crippen molar-refractivity contribution in [1.82, 2.24) is 20.1 Å². The van der Waals surface area contributed by atoms with Crippen molar-refractivity contribution in [3.63, 3.8) is 0 Å². The van der Waals surface area contributed by atoms with Crippen molar-refractivity contribution >= 4 is 22.4 Å². The van der Waals surface area contributed by atoms with E-state index in [-0.39, 0.29) is 5.91 Å². The van der Waals surface area contributed by atoms with Crippen LogP contribution in [0.3, 0.4) is 0 Å². The largest absolute Gasteiger partial charge is 0.375 e. The number of nitrogens with zero attached hydrogens (tertiary/aromatic N) is 3. The van der Waals surface area contributed by atoms with E-state index in [0.29, 0.717) is 28.8 Å². The van der Waals surface area contributed by atoms with Crippen molar-refractivity contribution < 1.29 is 4.79 Å². The van der Waals surface area contributed by atoms with Gasteiger partial charge >= 0.3 is 0 Å². The molecule has 2 heterocycles. The van der Waals surface area contributed by atoms with E-state index >= 15 is 0 Å². The fourth-order valence-corrected chi connectivity index (χ4v) is 3.00. The lowest BCUT2D eigenvalue weighted by molar-refractivity contribution is 0.0954. The summed E-state index contributed by atoms with van der Waals surface area (Å²) in [7, 11) is 0. The highest BCUT2D eigenvalue weighted by Crippen LogP contribution is 2.19. The molecule has 23 heavy (non-hydrogen) atoms. The molecule has 2 aromatic heterocycles. The van der Waals surface area contributed by atoms with Gasteiger partial charge in [0.2, 0.25) is 0 Å². The summed E-state index contributed by atoms with van der Waals surface area (Å²) in [6, 6.07) is 10.1. The normalized spacial score (nSPS) is 10.7. The molecule has 3 N–H and O–H groups in total. The Bertz CT molecular complexity index is 809. The third-order valence-electron chi connectivity index (χ3n) is 3.35. The lowest BCUT2D eigenvalue weighted by atomic mass is 10.2. The summed E-state index contributed by atoms with van der Waals surface area (Å²) in [4.78, 5) is 16.7. The molecule has 7 heteroatoms. The molecular formula is C16H17N5OS. The summed E-state index contributed by atoms with van der Waals surface area (Å²) in [5, 5.41) is 7.59. The molecule has 1 amide bonds. The molecule has 0 aliphatic heterocycles. The maximum atomic E-state index is 12.1. The van der Waals surface area contributed by atoms with Gasteiger partial charge in [0.15, 0.2) is 5.13 Å². The Morgan fingerprint density at radius 1 is 1.30 bits per heavy atom. The number of hydrogen-bond donors (Lipinski definition) is 2. The molecule has 1 aromatic carbocycles. The second-order valence-corrected chi connectivity index (χ2v) is 6.21. The predicted molar refractivity (Wildman–Crippen MR) is 90.2 cm³/mol. The maximum absolute atomic E-state index is 12.1. The van der Waals surface area contributed by atoms with Crippen LogP contribution in [0.15, 0.2) is 42.7 Å². The van der Waals surface area contributed by atoms with Crippen molar-refractivity contribution in [2.24, 2.45) is 0 Å². The SMILES string of the molecule is Cc1nc(N)sc1C(=O)NCc1cnn(Cc2ccccc2)c1. The molecule has 0 saturated heterocycles. The topological polar surface area (TPSA) is 85.8 Å². The highest BCUT2D eigenvalue weighted by Gasteiger charge is 2.14. The zero-order valence-electron chi connectivity index (χ0n) is 12.7. The molecule has 0 saturated carbocycles. The Labute approximate surface area is 138 Å². The zero-order chi connectivity index (χ0) is 16.2. The molecule has 3 rings (SSSR count). The Kier molecular flexibility index (Phi) is 4.38. The van der Waals surface area contributed by atoms with Crippen molar-refractivity contribution in [1.29, 1.82) is 0 Å². The monoisotopic (exact) mass is 327 g/mol. The predicted octanol–water partition coefficient (Wildman–Crippen LogP) is 2.21. The molecule has 0 atom stereocenters. The van der Waals surface area contributed by atoms with Crippen LogP contribution in [0.2, 0.25) is 0 Å². The fourth-order valence-electron chi connectivity index (χ4n) is 2.25. The third-order valence-corrected chi connectivity index (χ3v) is 4.33. The number of carbonyl (C=O) groups is 1. The molecule has 0 aliphatic rings. The number of benzene rings is 1. The standard InChI is InChI=1S/C16H17N5OS/c1-11-14(23-16(17)20-11)15(22)18-7-13-8-19-21(10-13)9-12-5-3-2-4-6-12/h2-6,8,10H,7,9H2,1H3,(H2,17,20)(H,18,22). The summed E-state index contributed by atoms with van der Waals surface area (Å²) in [5.74, 6) is -0.160. The van der Waals surface area contributed by atoms with Gasteiger partial charge in [-0.15, -0.1) is 0 Å². The number of aromatic nitrogens is 3. The minimum absolute atomic E-state index is 0.160. The van der Waals surface area contributed by atoms with Gasteiger partial charge in [-0.1, -0.05) is 41.7 Å². The molecule has 0 unspecified atom stereocenters. The average Bonchev–Trinajstić information content (AvgIpc) is 3.12. The number of hydrogen-bond acceptors (Lipinski definition) is 5. The maximum Gasteiger partial charge on any atom is 0.263 e. The van der Waals surface area contributed by atoms with E-state index in [1.807, 2.05) is 29.1 Å². The lowest BCUT2D eigenvalue weighted by Crippen LogP contribution is -2.22. The van der Waals surface area contributed by atoms with Gasteiger partial charge in [-0.2, -0.15) is 5.10 Å². The lowest BCUT2D eigenvalue weighted by Gasteiger charge is -2.02. The Morgan fingerprint density at radius 2 is 2.09 bits per heavy atom. The molecule has 3 aromatic rings. The van der Waals surface area contributed by atoms with Crippen molar-refractivity contribution in [3.05, 3.63) is 64.4 Å². The first-order valence-electron chi connectivity index (χ1n) is 7.18. The summed E-state index contributed by atoms with van der Waals surface area (Å²) < 4.78 is 1.85. The number of nitrogens with two attached hydrogens (primary N) is 1. The van der Waals surface area contributed by atoms with E-state index in [2.05, 4.69) is 27.5 Å². The highest BCUT2D eigenvalue weighted by molar-refractivity contribution is 7.17. The summed E-state index contributed by atoms with van der Waals surface area (Å²) in [5.41, 5.74) is 8.40. The summed E-state index contributed by atoms with van der Waals surface area (Å²) >= 11 is 1.20. The molecule has 0 fully saturated rings. The number of thiazole rings is 1. The first-order valence-corrected chi connectivity index (χ1v) is 8.00. The van der Waals surface area contributed by atoms with Gasteiger partial charge in [-0.05, 0) is 12.5 Å². The second kappa shape index (κ2) is 6.62. The van der Waals surface area contributed by atoms with Gasteiger partial charge in [0.05, 0.1) is 18.4 Å². The smallest absolute Gasteiger partial charge is 0.263 e. The minimum atomic E-state index is -0.160. The van der Waals surface area contributed by atoms with Crippen LogP contribution >= 0.6 is 11.3 Å². The third kappa shape index (κ3) is 3.75.